The average molecular weight is 724 g/mol. The Hall–Kier alpha value is -7.48. The number of para-hydroxylation sites is 1. The van der Waals surface area contributed by atoms with E-state index in [0.717, 1.165) is 17.1 Å². The van der Waals surface area contributed by atoms with E-state index < -0.39 is 0 Å². The smallest absolute Gasteiger partial charge is 0.0540 e. The lowest BCUT2D eigenvalue weighted by molar-refractivity contribution is 1.28. The van der Waals surface area contributed by atoms with Crippen molar-refractivity contribution in [3.8, 4) is 33.4 Å². The molecule has 11 rings (SSSR count). The van der Waals surface area contributed by atoms with Gasteiger partial charge in [0.05, 0.1) is 5.69 Å². The zero-order valence-electron chi connectivity index (χ0n) is 31.3. The predicted octanol–water partition coefficient (Wildman–Crippen LogP) is 15.9. The van der Waals surface area contributed by atoms with E-state index in [1.165, 1.54) is 87.2 Å². The van der Waals surface area contributed by atoms with Gasteiger partial charge in [-0.3, -0.25) is 0 Å². The van der Waals surface area contributed by atoms with E-state index in [9.17, 15) is 0 Å². The molecular weight excluding hydrogens is 687 g/mol. The van der Waals surface area contributed by atoms with Crippen molar-refractivity contribution < 1.29 is 0 Å². The van der Waals surface area contributed by atoms with Gasteiger partial charge in [-0.1, -0.05) is 182 Å². The first kappa shape index (κ1) is 32.9. The Morgan fingerprint density at radius 1 is 0.228 bits per heavy atom. The molecule has 57 heavy (non-hydrogen) atoms. The van der Waals surface area contributed by atoms with Gasteiger partial charge in [0.1, 0.15) is 0 Å². The second kappa shape index (κ2) is 13.7. The van der Waals surface area contributed by atoms with Crippen LogP contribution in [0.5, 0.6) is 0 Å². The molecule has 0 bridgehead atoms. The molecule has 0 amide bonds. The molecular formula is C56H37N. The average Bonchev–Trinajstić information content (AvgIpc) is 3.29. The maximum absolute atomic E-state index is 2.40. The van der Waals surface area contributed by atoms with Gasteiger partial charge in [-0.2, -0.15) is 0 Å². The normalized spacial score (nSPS) is 11.5. The van der Waals surface area contributed by atoms with Crippen LogP contribution in [0.3, 0.4) is 0 Å². The molecule has 1 nitrogen and oxygen atoms in total. The van der Waals surface area contributed by atoms with Crippen molar-refractivity contribution in [3.63, 3.8) is 0 Å². The summed E-state index contributed by atoms with van der Waals surface area (Å²) in [4.78, 5) is 2.40. The largest absolute Gasteiger partial charge is 0.310 e. The van der Waals surface area contributed by atoms with Crippen molar-refractivity contribution in [1.29, 1.82) is 0 Å². The van der Waals surface area contributed by atoms with E-state index in [-0.39, 0.29) is 0 Å². The number of hydrogen-bond acceptors (Lipinski definition) is 1. The molecule has 0 unspecified atom stereocenters. The molecule has 0 aromatic heterocycles. The van der Waals surface area contributed by atoms with Gasteiger partial charge in [-0.15, -0.1) is 0 Å². The van der Waals surface area contributed by atoms with Crippen LogP contribution in [-0.2, 0) is 0 Å². The summed E-state index contributed by atoms with van der Waals surface area (Å²) in [5.74, 6) is 0. The van der Waals surface area contributed by atoms with Crippen molar-refractivity contribution >= 4 is 70.9 Å². The second-order valence-corrected chi connectivity index (χ2v) is 14.9. The highest BCUT2D eigenvalue weighted by Crippen LogP contribution is 2.44. The molecule has 0 radical (unpaired) electrons. The van der Waals surface area contributed by atoms with E-state index in [1.807, 2.05) is 0 Å². The van der Waals surface area contributed by atoms with Gasteiger partial charge in [-0.05, 0) is 124 Å². The summed E-state index contributed by atoms with van der Waals surface area (Å²) in [5.41, 5.74) is 10.6. The first-order valence-corrected chi connectivity index (χ1v) is 19.7. The van der Waals surface area contributed by atoms with Crippen LogP contribution < -0.4 is 4.90 Å². The molecule has 11 aromatic carbocycles. The number of anilines is 3. The van der Waals surface area contributed by atoms with Gasteiger partial charge in [0.15, 0.2) is 0 Å². The Morgan fingerprint density at radius 3 is 1.32 bits per heavy atom. The van der Waals surface area contributed by atoms with Gasteiger partial charge < -0.3 is 4.90 Å². The van der Waals surface area contributed by atoms with Crippen LogP contribution in [0.25, 0.3) is 87.2 Å². The summed E-state index contributed by atoms with van der Waals surface area (Å²) in [5, 5.41) is 12.7. The molecule has 0 aliphatic heterocycles. The molecule has 0 heterocycles. The predicted molar refractivity (Wildman–Crippen MR) is 245 cm³/mol. The van der Waals surface area contributed by atoms with E-state index >= 15 is 0 Å². The van der Waals surface area contributed by atoms with Crippen LogP contribution >= 0.6 is 0 Å². The minimum atomic E-state index is 1.10. The third-order valence-corrected chi connectivity index (χ3v) is 11.6. The Labute approximate surface area is 332 Å². The van der Waals surface area contributed by atoms with E-state index in [4.69, 9.17) is 0 Å². The Morgan fingerprint density at radius 2 is 0.667 bits per heavy atom. The standard InChI is InChI=1S/C56H37N/c1-2-14-38(15-3-1)47-20-12-13-25-56(47)57(43-31-26-40(27-32-43)53-36-42-17-5-7-19-46(42)48-21-8-10-23-50(48)53)44-33-28-41(29-34-44)54-37-55-45-18-6-4-16-39(45)30-35-52(55)49-22-9-11-24-51(49)54/h1-37H. The fraction of sp³-hybridized carbons (Fsp3) is 0. The highest BCUT2D eigenvalue weighted by Gasteiger charge is 2.19. The number of benzene rings is 11. The van der Waals surface area contributed by atoms with Gasteiger partial charge in [0.25, 0.3) is 0 Å². The van der Waals surface area contributed by atoms with Gasteiger partial charge in [0.2, 0.25) is 0 Å². The second-order valence-electron chi connectivity index (χ2n) is 14.9. The zero-order valence-corrected chi connectivity index (χ0v) is 31.3. The first-order chi connectivity index (χ1) is 28.3. The fourth-order valence-corrected chi connectivity index (χ4v) is 8.93. The molecule has 0 atom stereocenters. The van der Waals surface area contributed by atoms with Gasteiger partial charge >= 0.3 is 0 Å². The Balaban J connectivity index is 1.06. The molecule has 0 fully saturated rings. The topological polar surface area (TPSA) is 3.24 Å². The van der Waals surface area contributed by atoms with Crippen molar-refractivity contribution in [3.05, 3.63) is 224 Å². The van der Waals surface area contributed by atoms with Crippen LogP contribution in [0.4, 0.5) is 17.1 Å². The molecule has 266 valence electrons. The molecule has 0 aliphatic rings. The van der Waals surface area contributed by atoms with Crippen molar-refractivity contribution in [1.82, 2.24) is 0 Å². The van der Waals surface area contributed by atoms with Crippen molar-refractivity contribution in [2.45, 2.75) is 0 Å². The summed E-state index contributed by atoms with van der Waals surface area (Å²) >= 11 is 0. The van der Waals surface area contributed by atoms with Crippen molar-refractivity contribution in [2.24, 2.45) is 0 Å². The SMILES string of the molecule is c1ccc(-c2ccccc2N(c2ccc(-c3cc4ccccc4c4ccccc34)cc2)c2ccc(-c3cc4c5ccccc5ccc4c4ccccc34)cc2)cc1. The third-order valence-electron chi connectivity index (χ3n) is 11.6. The van der Waals surface area contributed by atoms with Crippen molar-refractivity contribution in [2.75, 3.05) is 4.90 Å². The molecule has 11 aromatic rings. The Kier molecular flexibility index (Phi) is 7.89. The molecule has 0 saturated carbocycles. The van der Waals surface area contributed by atoms with Gasteiger partial charge in [0, 0.05) is 16.9 Å². The van der Waals surface area contributed by atoms with Crippen LogP contribution in [-0.4, -0.2) is 0 Å². The van der Waals surface area contributed by atoms with Crippen LogP contribution in [0.1, 0.15) is 0 Å². The summed E-state index contributed by atoms with van der Waals surface area (Å²) in [7, 11) is 0. The molecule has 0 saturated heterocycles. The minimum Gasteiger partial charge on any atom is -0.310 e. The first-order valence-electron chi connectivity index (χ1n) is 19.7. The van der Waals surface area contributed by atoms with Crippen LogP contribution in [0.15, 0.2) is 224 Å². The third kappa shape index (κ3) is 5.63. The molecule has 0 aliphatic carbocycles. The Bertz CT molecular complexity index is 3270. The fourth-order valence-electron chi connectivity index (χ4n) is 8.93. The quantitative estimate of drug-likeness (QED) is 0.154. The molecule has 1 heteroatoms. The van der Waals surface area contributed by atoms with Crippen LogP contribution in [0, 0.1) is 0 Å². The highest BCUT2D eigenvalue weighted by atomic mass is 15.1. The number of hydrogen-bond donors (Lipinski definition) is 0. The highest BCUT2D eigenvalue weighted by molar-refractivity contribution is 6.21. The lowest BCUT2D eigenvalue weighted by Crippen LogP contribution is -2.11. The maximum Gasteiger partial charge on any atom is 0.0540 e. The summed E-state index contributed by atoms with van der Waals surface area (Å²) in [6.45, 7) is 0. The van der Waals surface area contributed by atoms with Gasteiger partial charge in [-0.25, -0.2) is 0 Å². The summed E-state index contributed by atoms with van der Waals surface area (Å²) < 4.78 is 0. The maximum atomic E-state index is 2.40. The number of fused-ring (bicyclic) bond motifs is 8. The zero-order chi connectivity index (χ0) is 37.7. The molecule has 0 spiro atoms. The monoisotopic (exact) mass is 723 g/mol. The minimum absolute atomic E-state index is 1.10. The van der Waals surface area contributed by atoms with Crippen LogP contribution in [0.2, 0.25) is 0 Å². The lowest BCUT2D eigenvalue weighted by atomic mass is 9.91. The lowest BCUT2D eigenvalue weighted by Gasteiger charge is -2.28. The summed E-state index contributed by atoms with van der Waals surface area (Å²) in [6, 6.07) is 82.0. The number of rotatable bonds is 6. The van der Waals surface area contributed by atoms with E-state index in [2.05, 4.69) is 229 Å². The number of nitrogens with zero attached hydrogens (tertiary/aromatic N) is 1. The summed E-state index contributed by atoms with van der Waals surface area (Å²) in [6.07, 6.45) is 0. The molecule has 0 N–H and O–H groups in total. The van der Waals surface area contributed by atoms with E-state index in [0.29, 0.717) is 0 Å². The van der Waals surface area contributed by atoms with E-state index in [1.54, 1.807) is 0 Å².